The first-order valence-electron chi connectivity index (χ1n) is 11.9. The maximum absolute atomic E-state index is 12.4. The zero-order chi connectivity index (χ0) is 23.1. The fourth-order valence-corrected chi connectivity index (χ4v) is 7.75. The topological polar surface area (TPSA) is 90.5 Å². The lowest BCUT2D eigenvalue weighted by Crippen LogP contribution is -2.33. The molecule has 8 heteroatoms. The molecule has 0 bridgehead atoms. The number of carbonyl (C=O) groups is 2. The Labute approximate surface area is 203 Å². The average molecular weight is 488 g/mol. The first kappa shape index (κ1) is 24.1. The van der Waals surface area contributed by atoms with Gasteiger partial charge < -0.3 is 10.6 Å². The van der Waals surface area contributed by atoms with Crippen molar-refractivity contribution in [2.45, 2.75) is 62.5 Å². The van der Waals surface area contributed by atoms with Crippen LogP contribution in [0.25, 0.3) is 10.4 Å². The molecule has 6 nitrogen and oxygen atoms in total. The lowest BCUT2D eigenvalue weighted by Gasteiger charge is -2.35. The molecule has 2 heterocycles. The number of benzene rings is 1. The molecule has 0 radical (unpaired) electrons. The number of hydroxylamine groups is 1. The van der Waals surface area contributed by atoms with Crippen LogP contribution in [0, 0.1) is 5.92 Å². The van der Waals surface area contributed by atoms with Gasteiger partial charge in [0.2, 0.25) is 5.91 Å². The van der Waals surface area contributed by atoms with Crippen molar-refractivity contribution in [1.82, 2.24) is 10.8 Å². The summed E-state index contributed by atoms with van der Waals surface area (Å²) in [7, 11) is 0. The minimum atomic E-state index is -0.343. The molecule has 2 aliphatic rings. The molecular weight excluding hydrogens is 454 g/mol. The van der Waals surface area contributed by atoms with Crippen molar-refractivity contribution < 1.29 is 14.8 Å². The molecule has 4 N–H and O–H groups in total. The Morgan fingerprint density at radius 2 is 1.91 bits per heavy atom. The molecule has 0 spiro atoms. The fourth-order valence-electron chi connectivity index (χ4n) is 4.86. The predicted octanol–water partition coefficient (Wildman–Crippen LogP) is 6.12. The van der Waals surface area contributed by atoms with Gasteiger partial charge in [0.1, 0.15) is 0 Å². The number of hydrogen-bond acceptors (Lipinski definition) is 5. The smallest absolute Gasteiger partial charge is 0.319 e. The van der Waals surface area contributed by atoms with E-state index in [1.54, 1.807) is 11.3 Å². The Hall–Kier alpha value is -2.03. The van der Waals surface area contributed by atoms with Gasteiger partial charge in [-0.3, -0.25) is 10.0 Å². The highest BCUT2D eigenvalue weighted by Crippen LogP contribution is 2.50. The third-order valence-corrected chi connectivity index (χ3v) is 9.74. The van der Waals surface area contributed by atoms with E-state index >= 15 is 0 Å². The zero-order valence-electron chi connectivity index (χ0n) is 18.9. The van der Waals surface area contributed by atoms with E-state index in [1.165, 1.54) is 32.1 Å². The number of amides is 3. The van der Waals surface area contributed by atoms with Crippen LogP contribution in [0.4, 0.5) is 10.5 Å². The van der Waals surface area contributed by atoms with Crippen LogP contribution in [0.3, 0.4) is 0 Å². The Kier molecular flexibility index (Phi) is 8.33. The summed E-state index contributed by atoms with van der Waals surface area (Å²) in [6.07, 6.45) is 9.69. The van der Waals surface area contributed by atoms with Crippen LogP contribution in [0.5, 0.6) is 0 Å². The third-order valence-electron chi connectivity index (χ3n) is 6.66. The quantitative estimate of drug-likeness (QED) is 0.279. The first-order valence-corrected chi connectivity index (χ1v) is 13.7. The summed E-state index contributed by atoms with van der Waals surface area (Å²) in [5, 5.41) is 15.1. The minimum Gasteiger partial charge on any atom is -0.338 e. The number of urea groups is 1. The Morgan fingerprint density at radius 3 is 2.67 bits per heavy atom. The third kappa shape index (κ3) is 6.31. The molecule has 4 rings (SSSR count). The molecule has 1 saturated carbocycles. The highest BCUT2D eigenvalue weighted by molar-refractivity contribution is 8.00. The van der Waals surface area contributed by atoms with Gasteiger partial charge >= 0.3 is 6.03 Å². The van der Waals surface area contributed by atoms with E-state index in [9.17, 15) is 9.59 Å². The van der Waals surface area contributed by atoms with E-state index in [4.69, 9.17) is 5.21 Å². The van der Waals surface area contributed by atoms with Gasteiger partial charge in [0, 0.05) is 28.4 Å². The number of nitrogens with one attached hydrogen (secondary N) is 3. The maximum Gasteiger partial charge on any atom is 0.319 e. The monoisotopic (exact) mass is 487 g/mol. The van der Waals surface area contributed by atoms with Gasteiger partial charge in [-0.05, 0) is 67.2 Å². The fraction of sp³-hybridized carbons (Fsp3) is 0.520. The molecule has 1 aliphatic heterocycles. The summed E-state index contributed by atoms with van der Waals surface area (Å²) in [5.74, 6) is 1.27. The number of rotatable bonds is 7. The number of hydrogen-bond donors (Lipinski definition) is 4. The summed E-state index contributed by atoms with van der Waals surface area (Å²) in [5.41, 5.74) is 3.62. The van der Waals surface area contributed by atoms with Crippen LogP contribution < -0.4 is 16.1 Å². The zero-order valence-corrected chi connectivity index (χ0v) is 20.5. The molecule has 1 atom stereocenters. The standard InChI is InChI=1S/C25H33N3O3S2/c29-23(28-31)16-25(13-4-5-14-32-25)22-12-11-21(33-22)19-9-6-10-20(15-19)27-24(30)26-17-18-7-2-1-3-8-18/h6,9-12,15,18,31H,1-5,7-8,13-14,16-17H2,(H,28,29)(H2,26,27,30)/t25-/m0/s1. The number of carbonyl (C=O) groups excluding carboxylic acids is 2. The molecule has 1 aromatic carbocycles. The van der Waals surface area contributed by atoms with Gasteiger partial charge in [0.05, 0.1) is 4.75 Å². The molecule has 0 unspecified atom stereocenters. The van der Waals surface area contributed by atoms with Crippen LogP contribution in [-0.2, 0) is 9.54 Å². The molecule has 178 valence electrons. The minimum absolute atomic E-state index is 0.155. The molecule has 1 aromatic heterocycles. The van der Waals surface area contributed by atoms with E-state index in [-0.39, 0.29) is 23.1 Å². The highest BCUT2D eigenvalue weighted by Gasteiger charge is 2.38. The molecule has 2 aromatic rings. The normalized spacial score (nSPS) is 21.4. The molecule has 2 fully saturated rings. The molecule has 1 saturated heterocycles. The van der Waals surface area contributed by atoms with Crippen molar-refractivity contribution >= 4 is 40.7 Å². The second-order valence-corrected chi connectivity index (χ2v) is 11.7. The lowest BCUT2D eigenvalue weighted by atomic mass is 9.89. The van der Waals surface area contributed by atoms with Crippen molar-refractivity contribution in [3.05, 3.63) is 41.3 Å². The van der Waals surface area contributed by atoms with Gasteiger partial charge in [-0.2, -0.15) is 0 Å². The first-order chi connectivity index (χ1) is 16.1. The van der Waals surface area contributed by atoms with Gasteiger partial charge in [0.15, 0.2) is 0 Å². The summed E-state index contributed by atoms with van der Waals surface area (Å²) in [6, 6.07) is 11.9. The van der Waals surface area contributed by atoms with E-state index in [1.807, 2.05) is 41.5 Å². The van der Waals surface area contributed by atoms with E-state index < -0.39 is 0 Å². The van der Waals surface area contributed by atoms with Gasteiger partial charge in [-0.1, -0.05) is 37.8 Å². The van der Waals surface area contributed by atoms with Crippen LogP contribution in [-0.4, -0.2) is 29.4 Å². The Morgan fingerprint density at radius 1 is 1.06 bits per heavy atom. The highest BCUT2D eigenvalue weighted by atomic mass is 32.2. The van der Waals surface area contributed by atoms with E-state index in [2.05, 4.69) is 22.8 Å². The van der Waals surface area contributed by atoms with Crippen molar-refractivity contribution in [2.24, 2.45) is 5.92 Å². The van der Waals surface area contributed by atoms with Crippen LogP contribution in [0.2, 0.25) is 0 Å². The van der Waals surface area contributed by atoms with Crippen LogP contribution in [0.1, 0.15) is 62.7 Å². The number of thiophene rings is 1. The second-order valence-electron chi connectivity index (χ2n) is 9.10. The Bertz CT molecular complexity index is 950. The predicted molar refractivity (Wildman–Crippen MR) is 136 cm³/mol. The van der Waals surface area contributed by atoms with Crippen LogP contribution >= 0.6 is 23.1 Å². The molecule has 33 heavy (non-hydrogen) atoms. The van der Waals surface area contributed by atoms with Crippen molar-refractivity contribution in [2.75, 3.05) is 17.6 Å². The van der Waals surface area contributed by atoms with Crippen molar-refractivity contribution in [3.8, 4) is 10.4 Å². The summed E-state index contributed by atoms with van der Waals surface area (Å²) in [4.78, 5) is 26.7. The molecule has 1 aliphatic carbocycles. The van der Waals surface area contributed by atoms with Crippen molar-refractivity contribution in [1.29, 1.82) is 0 Å². The SMILES string of the molecule is O=C(C[C@]1(c2ccc(-c3cccc(NC(=O)NCC4CCCCC4)c3)s2)CCCCS1)NO. The largest absolute Gasteiger partial charge is 0.338 e. The lowest BCUT2D eigenvalue weighted by molar-refractivity contribution is -0.129. The molecular formula is C25H33N3O3S2. The summed E-state index contributed by atoms with van der Waals surface area (Å²) < 4.78 is -0.289. The average Bonchev–Trinajstić information content (AvgIpc) is 3.35. The number of anilines is 1. The van der Waals surface area contributed by atoms with Gasteiger partial charge in [-0.25, -0.2) is 10.3 Å². The van der Waals surface area contributed by atoms with Gasteiger partial charge in [-0.15, -0.1) is 23.1 Å². The maximum atomic E-state index is 12.4. The van der Waals surface area contributed by atoms with Crippen LogP contribution in [0.15, 0.2) is 36.4 Å². The van der Waals surface area contributed by atoms with Crippen molar-refractivity contribution in [3.63, 3.8) is 0 Å². The van der Waals surface area contributed by atoms with Gasteiger partial charge in [0.25, 0.3) is 0 Å². The number of thioether (sulfide) groups is 1. The summed E-state index contributed by atoms with van der Waals surface area (Å²) >= 11 is 3.51. The van der Waals surface area contributed by atoms with E-state index in [0.29, 0.717) is 5.92 Å². The Balaban J connectivity index is 1.43. The molecule has 3 amide bonds. The summed E-state index contributed by atoms with van der Waals surface area (Å²) in [6.45, 7) is 0.737. The van der Waals surface area contributed by atoms with E-state index in [0.717, 1.165) is 52.6 Å². The second kappa shape index (κ2) is 11.4.